The monoisotopic (exact) mass is 625 g/mol. The molecule has 0 saturated heterocycles. The van der Waals surface area contributed by atoms with Gasteiger partial charge in [-0.25, -0.2) is 0 Å². The van der Waals surface area contributed by atoms with Gasteiger partial charge in [0, 0.05) is 18.8 Å². The fourth-order valence-electron chi connectivity index (χ4n) is 4.87. The molecule has 0 amide bonds. The number of halogens is 1. The van der Waals surface area contributed by atoms with Gasteiger partial charge < -0.3 is 31.2 Å². The smallest absolute Gasteiger partial charge is 0.225 e. The van der Waals surface area contributed by atoms with Crippen LogP contribution in [0.25, 0.3) is 0 Å². The normalized spacial score (nSPS) is 12.0. The molecule has 2 aromatic rings. The molecule has 1 atom stereocenters. The standard InChI is InChI=1S/C33H56NO3S.BrH/c1-4-6-7-8-9-10-11-12-13-14-15-16-17-20-23-35-27-33(37-5-2)28-36-26-32-22-19-18-21-31(32)25-34-24-30(3)38-29-34;/h18-19,21-22,24,29,33H,4-17,20,23,25-28H2,1-3H3;1H/q+1;/p-1. The first-order valence-corrected chi connectivity index (χ1v) is 16.4. The predicted molar refractivity (Wildman–Crippen MR) is 161 cm³/mol. The van der Waals surface area contributed by atoms with Crippen molar-refractivity contribution in [2.75, 3.05) is 26.4 Å². The summed E-state index contributed by atoms with van der Waals surface area (Å²) in [5.41, 5.74) is 4.72. The van der Waals surface area contributed by atoms with Gasteiger partial charge in [0.25, 0.3) is 0 Å². The van der Waals surface area contributed by atoms with E-state index in [9.17, 15) is 0 Å². The summed E-state index contributed by atoms with van der Waals surface area (Å²) in [5.74, 6) is 0. The van der Waals surface area contributed by atoms with Gasteiger partial charge >= 0.3 is 0 Å². The molecule has 6 heteroatoms. The highest BCUT2D eigenvalue weighted by atomic mass is 79.9. The second-order valence-corrected chi connectivity index (χ2v) is 11.8. The molecule has 0 N–H and O–H groups in total. The van der Waals surface area contributed by atoms with E-state index >= 15 is 0 Å². The van der Waals surface area contributed by atoms with Crippen LogP contribution in [0.5, 0.6) is 0 Å². The third kappa shape index (κ3) is 18.3. The lowest BCUT2D eigenvalue weighted by atomic mass is 10.0. The van der Waals surface area contributed by atoms with E-state index < -0.39 is 0 Å². The molecule has 0 spiro atoms. The Kier molecular flexibility index (Phi) is 23.2. The lowest BCUT2D eigenvalue weighted by molar-refractivity contribution is -0.683. The van der Waals surface area contributed by atoms with Gasteiger partial charge in [-0.1, -0.05) is 126 Å². The van der Waals surface area contributed by atoms with Crippen LogP contribution in [0.4, 0.5) is 0 Å². The summed E-state index contributed by atoms with van der Waals surface area (Å²) in [6.07, 6.45) is 21.5. The Morgan fingerprint density at radius 3 is 1.87 bits per heavy atom. The van der Waals surface area contributed by atoms with Gasteiger partial charge in [0.2, 0.25) is 5.51 Å². The first kappa shape index (κ1) is 36.2. The summed E-state index contributed by atoms with van der Waals surface area (Å²) >= 11 is 1.78. The molecule has 1 heterocycles. The van der Waals surface area contributed by atoms with E-state index in [1.807, 2.05) is 6.92 Å². The molecule has 1 aromatic heterocycles. The number of aromatic nitrogens is 1. The Hall–Kier alpha value is -0.790. The van der Waals surface area contributed by atoms with Crippen molar-refractivity contribution in [1.82, 2.24) is 0 Å². The second kappa shape index (κ2) is 25.0. The quantitative estimate of drug-likeness (QED) is 0.103. The Morgan fingerprint density at radius 1 is 0.744 bits per heavy atom. The molecule has 0 aliphatic carbocycles. The Morgan fingerprint density at radius 2 is 1.31 bits per heavy atom. The largest absolute Gasteiger partial charge is 1.00 e. The third-order valence-electron chi connectivity index (χ3n) is 7.10. The lowest BCUT2D eigenvalue weighted by Crippen LogP contribution is -3.00. The van der Waals surface area contributed by atoms with E-state index in [1.54, 1.807) is 11.3 Å². The van der Waals surface area contributed by atoms with Crippen LogP contribution in [0.1, 0.15) is 120 Å². The van der Waals surface area contributed by atoms with Gasteiger partial charge in [0.05, 0.1) is 24.7 Å². The fraction of sp³-hybridized carbons (Fsp3) is 0.727. The summed E-state index contributed by atoms with van der Waals surface area (Å²) in [6.45, 7) is 10.6. The van der Waals surface area contributed by atoms with Crippen LogP contribution in [-0.2, 0) is 27.4 Å². The van der Waals surface area contributed by atoms with Gasteiger partial charge in [-0.3, -0.25) is 0 Å². The van der Waals surface area contributed by atoms with Gasteiger partial charge in [0.15, 0.2) is 12.7 Å². The number of nitrogens with zero attached hydrogens (tertiary/aromatic N) is 1. The molecule has 4 nitrogen and oxygen atoms in total. The fourth-order valence-corrected chi connectivity index (χ4v) is 5.50. The number of unbranched alkanes of at least 4 members (excludes halogenated alkanes) is 13. The van der Waals surface area contributed by atoms with Gasteiger partial charge in [-0.05, 0) is 25.8 Å². The number of ether oxygens (including phenoxy) is 3. The number of hydrogen-bond donors (Lipinski definition) is 0. The Bertz CT molecular complexity index is 816. The van der Waals surface area contributed by atoms with Crippen LogP contribution >= 0.6 is 11.3 Å². The molecule has 0 radical (unpaired) electrons. The van der Waals surface area contributed by atoms with E-state index in [4.69, 9.17) is 14.2 Å². The van der Waals surface area contributed by atoms with Gasteiger partial charge in [-0.2, -0.15) is 4.57 Å². The zero-order chi connectivity index (χ0) is 27.1. The van der Waals surface area contributed by atoms with E-state index in [1.165, 1.54) is 99.5 Å². The van der Waals surface area contributed by atoms with Crippen molar-refractivity contribution in [3.8, 4) is 0 Å². The maximum atomic E-state index is 6.09. The van der Waals surface area contributed by atoms with Crippen LogP contribution in [0.3, 0.4) is 0 Å². The van der Waals surface area contributed by atoms with Crippen LogP contribution < -0.4 is 21.5 Å². The molecule has 0 fully saturated rings. The minimum Gasteiger partial charge on any atom is -1.00 e. The molecular weight excluding hydrogens is 570 g/mol. The summed E-state index contributed by atoms with van der Waals surface area (Å²) in [6, 6.07) is 8.55. The molecule has 39 heavy (non-hydrogen) atoms. The maximum absolute atomic E-state index is 6.09. The average Bonchev–Trinajstić information content (AvgIpc) is 3.33. The number of aryl methyl sites for hydroxylation is 1. The molecule has 0 aliphatic rings. The van der Waals surface area contributed by atoms with Crippen LogP contribution in [0, 0.1) is 6.92 Å². The maximum Gasteiger partial charge on any atom is 0.225 e. The minimum atomic E-state index is -0.00675. The third-order valence-corrected chi connectivity index (χ3v) is 7.96. The van der Waals surface area contributed by atoms with Crippen LogP contribution in [0.15, 0.2) is 36.0 Å². The summed E-state index contributed by atoms with van der Waals surface area (Å²) in [7, 11) is 0. The van der Waals surface area contributed by atoms with Crippen molar-refractivity contribution < 1.29 is 35.8 Å². The lowest BCUT2D eigenvalue weighted by Gasteiger charge is -2.18. The van der Waals surface area contributed by atoms with E-state index in [-0.39, 0.29) is 23.1 Å². The predicted octanol–water partition coefficient (Wildman–Crippen LogP) is 5.82. The number of rotatable bonds is 25. The summed E-state index contributed by atoms with van der Waals surface area (Å²) in [4.78, 5) is 1.33. The van der Waals surface area contributed by atoms with Crippen molar-refractivity contribution in [1.29, 1.82) is 0 Å². The van der Waals surface area contributed by atoms with Crippen LogP contribution in [0.2, 0.25) is 0 Å². The first-order chi connectivity index (χ1) is 18.7. The van der Waals surface area contributed by atoms with Crippen molar-refractivity contribution in [3.05, 3.63) is 52.0 Å². The Labute approximate surface area is 254 Å². The first-order valence-electron chi connectivity index (χ1n) is 15.5. The SMILES string of the molecule is CCCCCCCCCCCCCCCCOCC(COCc1ccccc1C[n+]1csc(C)c1)OCC.[Br-]. The minimum absolute atomic E-state index is 0. The summed E-state index contributed by atoms with van der Waals surface area (Å²) in [5, 5.41) is 0. The van der Waals surface area contributed by atoms with E-state index in [0.717, 1.165) is 19.6 Å². The molecular formula is C33H56BrNO3S. The molecule has 0 aliphatic heterocycles. The number of thiazole rings is 1. The zero-order valence-corrected chi connectivity index (χ0v) is 27.5. The highest BCUT2D eigenvalue weighted by Gasteiger charge is 2.12. The molecule has 1 aromatic carbocycles. The van der Waals surface area contributed by atoms with Crippen molar-refractivity contribution in [3.63, 3.8) is 0 Å². The number of hydrogen-bond acceptors (Lipinski definition) is 4. The van der Waals surface area contributed by atoms with E-state index in [2.05, 4.69) is 54.4 Å². The van der Waals surface area contributed by atoms with Crippen LogP contribution in [-0.4, -0.2) is 32.5 Å². The molecule has 0 bridgehead atoms. The molecule has 0 saturated carbocycles. The molecule has 224 valence electrons. The van der Waals surface area contributed by atoms with Crippen molar-refractivity contribution in [2.45, 2.75) is 130 Å². The second-order valence-electron chi connectivity index (χ2n) is 10.7. The topological polar surface area (TPSA) is 31.6 Å². The van der Waals surface area contributed by atoms with E-state index in [0.29, 0.717) is 26.4 Å². The Balaban J connectivity index is 0.00000760. The zero-order valence-electron chi connectivity index (χ0n) is 25.1. The van der Waals surface area contributed by atoms with Crippen molar-refractivity contribution in [2.24, 2.45) is 0 Å². The van der Waals surface area contributed by atoms with Crippen molar-refractivity contribution >= 4 is 11.3 Å². The number of benzene rings is 1. The van der Waals surface area contributed by atoms with Gasteiger partial charge in [0.1, 0.15) is 6.10 Å². The highest BCUT2D eigenvalue weighted by Crippen LogP contribution is 2.14. The average molecular weight is 627 g/mol. The van der Waals surface area contributed by atoms with Gasteiger partial charge in [-0.15, -0.1) is 0 Å². The highest BCUT2D eigenvalue weighted by molar-refractivity contribution is 7.09. The summed E-state index contributed by atoms with van der Waals surface area (Å²) < 4.78 is 20.2. The molecule has 2 rings (SSSR count). The molecule has 1 unspecified atom stereocenters.